The van der Waals surface area contributed by atoms with Crippen LogP contribution in [-0.2, 0) is 120 Å². The number of phenols is 2. The maximum atomic E-state index is 15.6. The molecule has 131 heavy (non-hydrogen) atoms. The van der Waals surface area contributed by atoms with E-state index in [1.165, 1.54) is 107 Å². The second-order valence-electron chi connectivity index (χ2n) is 34.0. The summed E-state index contributed by atoms with van der Waals surface area (Å²) in [5, 5.41) is 38.5. The van der Waals surface area contributed by atoms with Crippen molar-refractivity contribution in [2.75, 3.05) is 66.4 Å². The Bertz CT molecular complexity index is 5140. The fourth-order valence-electron chi connectivity index (χ4n) is 15.7. The number of amides is 12. The van der Waals surface area contributed by atoms with Crippen molar-refractivity contribution in [2.24, 2.45) is 29.4 Å². The third-order valence-electron chi connectivity index (χ3n) is 23.0. The van der Waals surface area contributed by atoms with Crippen LogP contribution in [0.4, 0.5) is 0 Å². The van der Waals surface area contributed by atoms with E-state index in [1.807, 2.05) is 6.92 Å². The summed E-state index contributed by atoms with van der Waals surface area (Å²) in [6, 6.07) is 27.1. The molecule has 11 atom stereocenters. The number of hydrogen-bond acceptors (Lipinski definition) is 20. The van der Waals surface area contributed by atoms with Crippen LogP contribution >= 0.6 is 35.0 Å². The zero-order valence-electron chi connectivity index (χ0n) is 75.3. The smallest absolute Gasteiger partial charge is 0.293 e. The highest BCUT2D eigenvalue weighted by atomic mass is 35.5. The first-order valence-electron chi connectivity index (χ1n) is 43.5. The third kappa shape index (κ3) is 31.7. The molecule has 0 bridgehead atoms. The lowest BCUT2D eigenvalue weighted by Gasteiger charge is -2.37. The number of likely N-dealkylation sites (N-methyl/N-ethyl adjacent to an activating group) is 5. The van der Waals surface area contributed by atoms with Gasteiger partial charge >= 0.3 is 0 Å². The van der Waals surface area contributed by atoms with Gasteiger partial charge in [0.15, 0.2) is 11.6 Å². The van der Waals surface area contributed by atoms with Crippen LogP contribution in [0.15, 0.2) is 158 Å². The summed E-state index contributed by atoms with van der Waals surface area (Å²) < 4.78 is 5.16. The average Bonchev–Trinajstić information content (AvgIpc) is 1.73. The minimum absolute atomic E-state index is 0.0599. The SMILES string of the molecule is CCCC[C@H]1C(=O)N(C)CC(=O)C[C@@H](COC=O)C(=O)C[C@@H](C(C)C)C(=O)N(C)[C@@H](Cc2ccccc2)C(=O)N[C@@H](Cc2ccc(O)cc2)C(=O)N(C)CC(=O)N[C@@H](Cc2c[nH]c3ccccc23)C(=O)N[C@@H](Cc2ccc(O)cc2)C(=O)N[C@@H](CC(C)C)C(=O)N[C@H](C(=O)CCC(N)=O)CSCC(=O)N[C@@H](Cc2cc(Cl)cc(Cl)c2)C(=O)N(C)[C@@H](Cc2ccccc2)C(=O)N1C. The number of halogens is 2. The van der Waals surface area contributed by atoms with E-state index in [0.29, 0.717) is 57.1 Å². The van der Waals surface area contributed by atoms with Crippen molar-refractivity contribution in [2.45, 2.75) is 179 Å². The molecule has 702 valence electrons. The van der Waals surface area contributed by atoms with Gasteiger partial charge < -0.3 is 82.1 Å². The number of primary amides is 1. The van der Waals surface area contributed by atoms with E-state index < -0.39 is 211 Å². The number of carbonyl (C=O) groups excluding carboxylic acids is 16. The summed E-state index contributed by atoms with van der Waals surface area (Å²) in [5.74, 6) is -16.8. The fourth-order valence-corrected chi connectivity index (χ4v) is 17.1. The number of nitrogens with one attached hydrogen (secondary N) is 7. The van der Waals surface area contributed by atoms with E-state index >= 15 is 43.2 Å². The minimum atomic E-state index is -1.59. The summed E-state index contributed by atoms with van der Waals surface area (Å²) >= 11 is 13.9. The Balaban J connectivity index is 1.22. The van der Waals surface area contributed by atoms with Gasteiger partial charge in [-0.15, -0.1) is 11.8 Å². The number of thioether (sulfide) groups is 1. The van der Waals surface area contributed by atoms with Gasteiger partial charge in [0.2, 0.25) is 70.9 Å². The molecule has 0 radical (unpaired) electrons. The molecule has 12 amide bonds. The Kier molecular flexibility index (Phi) is 40.1. The molecule has 2 heterocycles. The van der Waals surface area contributed by atoms with E-state index in [0.717, 1.165) is 31.4 Å². The van der Waals surface area contributed by atoms with Crippen LogP contribution in [-0.4, -0.2) is 255 Å². The Labute approximate surface area is 776 Å². The van der Waals surface area contributed by atoms with Crippen LogP contribution in [0.3, 0.4) is 0 Å². The molecular formula is C96H119Cl2N13O19S. The summed E-state index contributed by atoms with van der Waals surface area (Å²) in [7, 11) is 6.72. The van der Waals surface area contributed by atoms with Gasteiger partial charge in [-0.25, -0.2) is 0 Å². The standard InChI is InChI=1S/C96H119Cl2N13O19S/c1-11-12-27-80-95(128)107(6)51-70(115)46-65(53-130-56-112)84(117)49-72(58(4)5)92(125)110(9)81(44-59-21-15-13-16-22-59)91(124)105-77(42-62-30-34-69(114)35-31-62)93(126)108(7)52-86(119)101-76(47-64-50-100-73-26-20-19-25-71(64)73)90(123)104-75(41-61-28-32-68(113)33-29-61)89(122)103-74(38-57(2)3)88(121)106-79(83(116)36-37-85(99)118)54-131-55-87(120)102-78(43-63-39-66(97)48-67(98)40-63)94(127)111(10)82(96(129)109(80)8)45-60-23-17-14-18-24-60/h13-26,28-35,39-40,48,50,56-58,65,72,74-82,100,113-114H,11-12,27,36-38,41-47,49,51-55H2,1-10H3,(H2,99,118)(H,101,119)(H,102,120)(H,103,122)(H,104,123)(H,105,124)(H,106,121)/t65-,72-,74-,75-,76-,77-,78-,79-,80-,81-,82-/m0/s1. The topological polar surface area (TPSA) is 453 Å². The van der Waals surface area contributed by atoms with Gasteiger partial charge in [-0.3, -0.25) is 76.7 Å². The van der Waals surface area contributed by atoms with E-state index in [-0.39, 0.29) is 91.1 Å². The maximum Gasteiger partial charge on any atom is 0.293 e. The number of nitrogens with two attached hydrogens (primary N) is 1. The third-order valence-corrected chi connectivity index (χ3v) is 24.5. The number of ketones is 3. The first-order valence-corrected chi connectivity index (χ1v) is 45.4. The zero-order chi connectivity index (χ0) is 95.9. The Morgan fingerprint density at radius 3 is 1.60 bits per heavy atom. The molecule has 1 aromatic heterocycles. The number of nitrogens with zero attached hydrogens (tertiary/aromatic N) is 5. The number of para-hydroxylation sites is 1. The number of phenolic OH excluding ortho intramolecular Hbond substituents is 2. The minimum Gasteiger partial charge on any atom is -0.508 e. The average molecular weight is 1860 g/mol. The highest BCUT2D eigenvalue weighted by Gasteiger charge is 2.42. The molecule has 32 nitrogen and oxygen atoms in total. The van der Waals surface area contributed by atoms with E-state index in [9.17, 15) is 43.8 Å². The number of aromatic nitrogens is 1. The summed E-state index contributed by atoms with van der Waals surface area (Å²) in [6.07, 6.45) is -0.913. The largest absolute Gasteiger partial charge is 0.508 e. The molecule has 0 unspecified atom stereocenters. The van der Waals surface area contributed by atoms with Crippen LogP contribution in [0.2, 0.25) is 10.0 Å². The molecule has 1 saturated heterocycles. The second-order valence-corrected chi connectivity index (χ2v) is 35.9. The lowest BCUT2D eigenvalue weighted by atomic mass is 9.84. The van der Waals surface area contributed by atoms with Crippen molar-refractivity contribution in [1.82, 2.24) is 61.4 Å². The fraction of sp³-hybridized carbons (Fsp3) is 0.438. The summed E-state index contributed by atoms with van der Waals surface area (Å²) in [4.78, 5) is 244. The second kappa shape index (κ2) is 50.6. The zero-order valence-corrected chi connectivity index (χ0v) is 77.7. The van der Waals surface area contributed by atoms with E-state index in [1.54, 1.807) is 119 Å². The van der Waals surface area contributed by atoms with Crippen LogP contribution < -0.4 is 37.6 Å². The van der Waals surface area contributed by atoms with Gasteiger partial charge in [0.05, 0.1) is 30.8 Å². The number of Topliss-reactive ketones (excluding diaryl/α,β-unsaturated/α-hetero) is 3. The van der Waals surface area contributed by atoms with Crippen molar-refractivity contribution >= 4 is 141 Å². The molecule has 7 aromatic rings. The lowest BCUT2D eigenvalue weighted by Crippen LogP contribution is -2.59. The van der Waals surface area contributed by atoms with E-state index in [4.69, 9.17) is 33.7 Å². The van der Waals surface area contributed by atoms with Crippen LogP contribution in [0.1, 0.15) is 119 Å². The Morgan fingerprint density at radius 2 is 1.02 bits per heavy atom. The highest BCUT2D eigenvalue weighted by molar-refractivity contribution is 8.00. The van der Waals surface area contributed by atoms with Gasteiger partial charge in [-0.05, 0) is 107 Å². The molecule has 35 heteroatoms. The molecule has 8 rings (SSSR count). The summed E-state index contributed by atoms with van der Waals surface area (Å²) in [6.45, 7) is 6.78. The number of ether oxygens (including phenoxy) is 1. The molecular weight excluding hydrogens is 1740 g/mol. The van der Waals surface area contributed by atoms with Gasteiger partial charge in [-0.2, -0.15) is 0 Å². The predicted molar refractivity (Wildman–Crippen MR) is 495 cm³/mol. The molecule has 1 aliphatic rings. The number of aromatic amines is 1. The number of hydrogen-bond donors (Lipinski definition) is 10. The number of aromatic hydroxyl groups is 2. The van der Waals surface area contributed by atoms with Crippen molar-refractivity contribution in [3.05, 3.63) is 201 Å². The van der Waals surface area contributed by atoms with Gasteiger partial charge in [-0.1, -0.05) is 174 Å². The Hall–Kier alpha value is -12.5. The molecule has 11 N–H and O–H groups in total. The first kappa shape index (κ1) is 104. The van der Waals surface area contributed by atoms with Crippen LogP contribution in [0.25, 0.3) is 10.9 Å². The monoisotopic (exact) mass is 1860 g/mol. The Morgan fingerprint density at radius 1 is 0.519 bits per heavy atom. The predicted octanol–water partition coefficient (Wildman–Crippen LogP) is 6.75. The van der Waals surface area contributed by atoms with E-state index in [2.05, 4.69) is 36.9 Å². The molecule has 0 saturated carbocycles. The quantitative estimate of drug-likeness (QED) is 0.0265. The van der Waals surface area contributed by atoms with Crippen LogP contribution in [0, 0.1) is 23.7 Å². The first-order chi connectivity index (χ1) is 62.3. The molecule has 1 aliphatic heterocycles. The van der Waals surface area contributed by atoms with Crippen molar-refractivity contribution in [3.63, 3.8) is 0 Å². The van der Waals surface area contributed by atoms with Crippen molar-refractivity contribution < 1.29 is 91.7 Å². The van der Waals surface area contributed by atoms with Gasteiger partial charge in [0, 0.05) is 138 Å². The van der Waals surface area contributed by atoms with Gasteiger partial charge in [0.25, 0.3) is 6.47 Å². The summed E-state index contributed by atoms with van der Waals surface area (Å²) in [5.41, 5.74) is 9.07. The van der Waals surface area contributed by atoms with Gasteiger partial charge in [0.1, 0.15) is 72.2 Å². The number of benzene rings is 6. The van der Waals surface area contributed by atoms with Crippen molar-refractivity contribution in [1.29, 1.82) is 0 Å². The number of rotatable bonds is 25. The normalized spacial score (nSPS) is 21.9. The molecule has 1 fully saturated rings. The number of carbonyl (C=O) groups is 16. The molecule has 0 spiro atoms. The number of fused-ring (bicyclic) bond motifs is 1. The lowest BCUT2D eigenvalue weighted by molar-refractivity contribution is -0.151. The molecule has 6 aromatic carbocycles. The van der Waals surface area contributed by atoms with Crippen molar-refractivity contribution in [3.8, 4) is 11.5 Å². The number of unbranched alkanes of at least 4 members (excludes halogenated alkanes) is 1. The molecule has 0 aliphatic carbocycles. The maximum absolute atomic E-state index is 15.6. The highest BCUT2D eigenvalue weighted by Crippen LogP contribution is 2.29. The number of H-pyrrole nitrogens is 1. The van der Waals surface area contributed by atoms with Crippen LogP contribution in [0.5, 0.6) is 11.5 Å².